The molecule has 0 unspecified atom stereocenters. The Morgan fingerprint density at radius 2 is 1.79 bits per heavy atom. The lowest BCUT2D eigenvalue weighted by Crippen LogP contribution is -2.23. The van der Waals surface area contributed by atoms with Gasteiger partial charge in [-0.2, -0.15) is 0 Å². The molecule has 4 nitrogen and oxygen atoms in total. The summed E-state index contributed by atoms with van der Waals surface area (Å²) in [7, 11) is 0. The fourth-order valence-electron chi connectivity index (χ4n) is 3.31. The van der Waals surface area contributed by atoms with Crippen LogP contribution in [0.1, 0.15) is 29.5 Å². The quantitative estimate of drug-likeness (QED) is 0.527. The smallest absolute Gasteiger partial charge is 0.244 e. The first-order valence-corrected chi connectivity index (χ1v) is 9.83. The molecule has 0 radical (unpaired) electrons. The number of rotatable bonds is 9. The molecule has 1 N–H and O–H groups in total. The Balaban J connectivity index is 1.51. The SMILES string of the molecule is C=CCOc1ccc(/C=C/C(=O)NCc2ccccc2CN2CCCC2)cc1. The summed E-state index contributed by atoms with van der Waals surface area (Å²) >= 11 is 0. The van der Waals surface area contributed by atoms with Crippen LogP contribution < -0.4 is 10.1 Å². The first kappa shape index (κ1) is 19.9. The number of nitrogens with zero attached hydrogens (tertiary/aromatic N) is 1. The molecule has 1 saturated heterocycles. The third-order valence-electron chi connectivity index (χ3n) is 4.84. The first-order valence-electron chi connectivity index (χ1n) is 9.83. The number of ether oxygens (including phenoxy) is 1. The zero-order valence-electron chi connectivity index (χ0n) is 16.3. The van der Waals surface area contributed by atoms with E-state index in [4.69, 9.17) is 4.74 Å². The van der Waals surface area contributed by atoms with Crippen molar-refractivity contribution in [2.45, 2.75) is 25.9 Å². The average molecular weight is 377 g/mol. The van der Waals surface area contributed by atoms with Gasteiger partial charge in [-0.15, -0.1) is 0 Å². The molecule has 0 aliphatic carbocycles. The Kier molecular flexibility index (Phi) is 7.44. The van der Waals surface area contributed by atoms with Crippen LogP contribution in [-0.4, -0.2) is 30.5 Å². The number of benzene rings is 2. The molecule has 3 rings (SSSR count). The van der Waals surface area contributed by atoms with E-state index in [0.717, 1.165) is 17.9 Å². The maximum atomic E-state index is 12.2. The number of likely N-dealkylation sites (tertiary alicyclic amines) is 1. The van der Waals surface area contributed by atoms with Crippen LogP contribution in [0.5, 0.6) is 5.75 Å². The number of carbonyl (C=O) groups is 1. The summed E-state index contributed by atoms with van der Waals surface area (Å²) < 4.78 is 5.46. The van der Waals surface area contributed by atoms with Crippen LogP contribution in [0.15, 0.2) is 67.3 Å². The fraction of sp³-hybridized carbons (Fsp3) is 0.292. The van der Waals surface area contributed by atoms with Crippen molar-refractivity contribution in [2.24, 2.45) is 0 Å². The van der Waals surface area contributed by atoms with Crippen LogP contribution in [0.25, 0.3) is 6.08 Å². The van der Waals surface area contributed by atoms with Crippen molar-refractivity contribution in [2.75, 3.05) is 19.7 Å². The van der Waals surface area contributed by atoms with Gasteiger partial charge in [-0.05, 0) is 60.8 Å². The fourth-order valence-corrected chi connectivity index (χ4v) is 3.31. The van der Waals surface area contributed by atoms with Gasteiger partial charge in [0.15, 0.2) is 0 Å². The second kappa shape index (κ2) is 10.5. The normalized spacial score (nSPS) is 14.3. The van der Waals surface area contributed by atoms with Gasteiger partial charge in [-0.1, -0.05) is 49.1 Å². The highest BCUT2D eigenvalue weighted by molar-refractivity contribution is 5.91. The van der Waals surface area contributed by atoms with Crippen molar-refractivity contribution in [1.82, 2.24) is 10.2 Å². The van der Waals surface area contributed by atoms with Crippen molar-refractivity contribution in [3.8, 4) is 5.75 Å². The molecular weight excluding hydrogens is 348 g/mol. The maximum Gasteiger partial charge on any atom is 0.244 e. The summed E-state index contributed by atoms with van der Waals surface area (Å²) in [5.74, 6) is 0.694. The zero-order valence-corrected chi connectivity index (χ0v) is 16.3. The van der Waals surface area contributed by atoms with Crippen molar-refractivity contribution >= 4 is 12.0 Å². The molecule has 0 bridgehead atoms. The molecule has 1 fully saturated rings. The predicted octanol–water partition coefficient (Wildman–Crippen LogP) is 4.18. The minimum atomic E-state index is -0.0945. The Morgan fingerprint density at radius 3 is 2.50 bits per heavy atom. The lowest BCUT2D eigenvalue weighted by atomic mass is 10.1. The van der Waals surface area contributed by atoms with Gasteiger partial charge in [0, 0.05) is 19.2 Å². The van der Waals surface area contributed by atoms with E-state index in [1.54, 1.807) is 12.2 Å². The summed E-state index contributed by atoms with van der Waals surface area (Å²) in [6.45, 7) is 7.95. The summed E-state index contributed by atoms with van der Waals surface area (Å²) in [4.78, 5) is 14.7. The van der Waals surface area contributed by atoms with Crippen molar-refractivity contribution < 1.29 is 9.53 Å². The Morgan fingerprint density at radius 1 is 1.07 bits per heavy atom. The lowest BCUT2D eigenvalue weighted by molar-refractivity contribution is -0.116. The Labute approximate surface area is 167 Å². The third-order valence-corrected chi connectivity index (χ3v) is 4.84. The topological polar surface area (TPSA) is 41.6 Å². The van der Waals surface area contributed by atoms with Crippen LogP contribution in [0.4, 0.5) is 0 Å². The number of hydrogen-bond acceptors (Lipinski definition) is 3. The molecular formula is C24H28N2O2. The standard InChI is InChI=1S/C24H28N2O2/c1-2-17-28-23-12-9-20(10-13-23)11-14-24(27)25-18-21-7-3-4-8-22(21)19-26-15-5-6-16-26/h2-4,7-14H,1,5-6,15-19H2,(H,25,27)/b14-11+. The van der Waals surface area contributed by atoms with Gasteiger partial charge in [0.1, 0.15) is 12.4 Å². The van der Waals surface area contributed by atoms with Crippen molar-refractivity contribution in [3.63, 3.8) is 0 Å². The van der Waals surface area contributed by atoms with Gasteiger partial charge in [-0.25, -0.2) is 0 Å². The van der Waals surface area contributed by atoms with Gasteiger partial charge < -0.3 is 10.1 Å². The molecule has 2 aromatic carbocycles. The third kappa shape index (κ3) is 6.10. The van der Waals surface area contributed by atoms with Crippen LogP contribution >= 0.6 is 0 Å². The number of carbonyl (C=O) groups excluding carboxylic acids is 1. The van der Waals surface area contributed by atoms with Gasteiger partial charge in [0.05, 0.1) is 0 Å². The molecule has 0 aromatic heterocycles. The van der Waals surface area contributed by atoms with Gasteiger partial charge in [-0.3, -0.25) is 9.69 Å². The van der Waals surface area contributed by atoms with E-state index in [0.29, 0.717) is 13.2 Å². The number of amides is 1. The highest BCUT2D eigenvalue weighted by Crippen LogP contribution is 2.16. The van der Waals surface area contributed by atoms with Crippen molar-refractivity contribution in [3.05, 3.63) is 84.0 Å². The van der Waals surface area contributed by atoms with Crippen LogP contribution in [0, 0.1) is 0 Å². The largest absolute Gasteiger partial charge is 0.490 e. The molecule has 0 spiro atoms. The molecule has 1 heterocycles. The lowest BCUT2D eigenvalue weighted by Gasteiger charge is -2.17. The molecule has 1 amide bonds. The summed E-state index contributed by atoms with van der Waals surface area (Å²) in [5.41, 5.74) is 3.43. The number of nitrogens with one attached hydrogen (secondary N) is 1. The maximum absolute atomic E-state index is 12.2. The molecule has 1 aliphatic heterocycles. The highest BCUT2D eigenvalue weighted by atomic mass is 16.5. The molecule has 1 aliphatic rings. The van der Waals surface area contributed by atoms with Gasteiger partial charge >= 0.3 is 0 Å². The summed E-state index contributed by atoms with van der Waals surface area (Å²) in [5, 5.41) is 2.99. The van der Waals surface area contributed by atoms with E-state index in [-0.39, 0.29) is 5.91 Å². The monoisotopic (exact) mass is 376 g/mol. The van der Waals surface area contributed by atoms with Crippen LogP contribution in [0.3, 0.4) is 0 Å². The zero-order chi connectivity index (χ0) is 19.6. The number of hydrogen-bond donors (Lipinski definition) is 1. The molecule has 0 atom stereocenters. The molecule has 4 heteroatoms. The minimum absolute atomic E-state index is 0.0945. The second-order valence-corrected chi connectivity index (χ2v) is 6.97. The van der Waals surface area contributed by atoms with Crippen molar-refractivity contribution in [1.29, 1.82) is 0 Å². The second-order valence-electron chi connectivity index (χ2n) is 6.97. The molecule has 0 saturated carbocycles. The van der Waals surface area contributed by atoms with E-state index in [2.05, 4.69) is 35.0 Å². The first-order chi connectivity index (χ1) is 13.7. The van der Waals surface area contributed by atoms with Gasteiger partial charge in [0.2, 0.25) is 5.91 Å². The average Bonchev–Trinajstić information content (AvgIpc) is 3.24. The molecule has 28 heavy (non-hydrogen) atoms. The Hall–Kier alpha value is -2.85. The van der Waals surface area contributed by atoms with Crippen LogP contribution in [-0.2, 0) is 17.9 Å². The molecule has 2 aromatic rings. The van der Waals surface area contributed by atoms with E-state index >= 15 is 0 Å². The van der Waals surface area contributed by atoms with Crippen LogP contribution in [0.2, 0.25) is 0 Å². The molecule has 146 valence electrons. The van der Waals surface area contributed by atoms with E-state index in [1.807, 2.05) is 36.4 Å². The Bertz CT molecular complexity index is 806. The summed E-state index contributed by atoms with van der Waals surface area (Å²) in [6.07, 6.45) is 7.66. The minimum Gasteiger partial charge on any atom is -0.490 e. The van der Waals surface area contributed by atoms with E-state index in [1.165, 1.54) is 37.1 Å². The predicted molar refractivity (Wildman–Crippen MR) is 114 cm³/mol. The van der Waals surface area contributed by atoms with E-state index < -0.39 is 0 Å². The van der Waals surface area contributed by atoms with E-state index in [9.17, 15) is 4.79 Å². The van der Waals surface area contributed by atoms with Gasteiger partial charge in [0.25, 0.3) is 0 Å². The summed E-state index contributed by atoms with van der Waals surface area (Å²) in [6, 6.07) is 16.0. The highest BCUT2D eigenvalue weighted by Gasteiger charge is 2.13.